The number of nitrogens with zero attached hydrogens (tertiary/aromatic N) is 2. The topological polar surface area (TPSA) is 78.4 Å². The van der Waals surface area contributed by atoms with Crippen LogP contribution in [0.25, 0.3) is 0 Å². The van der Waals surface area contributed by atoms with E-state index in [4.69, 9.17) is 14.5 Å². The fourth-order valence-corrected chi connectivity index (χ4v) is 4.20. The minimum absolute atomic E-state index is 0. The maximum Gasteiger partial charge on any atom is 0.191 e. The number of hydrogen-bond acceptors (Lipinski definition) is 5. The van der Waals surface area contributed by atoms with Gasteiger partial charge in [-0.2, -0.15) is 0 Å². The van der Waals surface area contributed by atoms with Crippen molar-refractivity contribution in [2.24, 2.45) is 10.4 Å². The van der Waals surface area contributed by atoms with Crippen LogP contribution in [0.15, 0.2) is 29.3 Å². The van der Waals surface area contributed by atoms with E-state index in [0.29, 0.717) is 13.2 Å². The molecule has 0 amide bonds. The summed E-state index contributed by atoms with van der Waals surface area (Å²) < 4.78 is 11.2. The number of benzene rings is 1. The Hall–Kier alpha value is -0.940. The molecule has 2 heterocycles. The van der Waals surface area contributed by atoms with E-state index >= 15 is 0 Å². The maximum absolute atomic E-state index is 9.48. The highest BCUT2D eigenvalue weighted by Crippen LogP contribution is 2.32. The van der Waals surface area contributed by atoms with E-state index in [-0.39, 0.29) is 42.0 Å². The molecule has 0 aliphatic carbocycles. The normalized spacial score (nSPS) is 23.3. The highest BCUT2D eigenvalue weighted by Gasteiger charge is 2.34. The molecule has 3 rings (SSSR count). The van der Waals surface area contributed by atoms with Gasteiger partial charge in [0.25, 0.3) is 0 Å². The molecule has 3 N–H and O–H groups in total. The number of ether oxygens (including phenoxy) is 2. The summed E-state index contributed by atoms with van der Waals surface area (Å²) in [7, 11) is 0. The van der Waals surface area contributed by atoms with E-state index in [1.165, 1.54) is 11.1 Å². The van der Waals surface area contributed by atoms with Crippen molar-refractivity contribution in [2.45, 2.75) is 32.7 Å². The van der Waals surface area contributed by atoms with E-state index < -0.39 is 0 Å². The molecular weight excluding hydrogens is 507 g/mol. The number of halogens is 1. The number of morpholine rings is 1. The van der Waals surface area contributed by atoms with Crippen molar-refractivity contribution in [1.82, 2.24) is 15.5 Å². The average molecular weight is 546 g/mol. The van der Waals surface area contributed by atoms with Crippen LogP contribution in [0.2, 0.25) is 0 Å². The van der Waals surface area contributed by atoms with Gasteiger partial charge in [0.1, 0.15) is 0 Å². The first-order valence-corrected chi connectivity index (χ1v) is 11.2. The van der Waals surface area contributed by atoms with Gasteiger partial charge in [-0.25, -0.2) is 0 Å². The molecule has 31 heavy (non-hydrogen) atoms. The first-order valence-electron chi connectivity index (χ1n) is 11.2. The van der Waals surface area contributed by atoms with E-state index in [1.807, 2.05) is 0 Å². The second-order valence-corrected chi connectivity index (χ2v) is 8.43. The highest BCUT2D eigenvalue weighted by molar-refractivity contribution is 14.0. The van der Waals surface area contributed by atoms with Crippen LogP contribution in [-0.4, -0.2) is 81.7 Å². The first kappa shape index (κ1) is 26.3. The SMILES string of the molecule is CCNC(=NCC1(CCO)CCOC1)NCC(c1ccc(C)cc1)N1CCOCC1.I. The van der Waals surface area contributed by atoms with Crippen molar-refractivity contribution in [2.75, 3.05) is 65.8 Å². The molecule has 0 radical (unpaired) electrons. The standard InChI is InChI=1S/C23H38N4O3.HI/c1-3-24-22(26-17-23(8-12-28)9-13-30-18-23)25-16-21(27-10-14-29-15-11-27)20-6-4-19(2)5-7-20;/h4-7,21,28H,3,8-18H2,1-2H3,(H2,24,25,26);1H. The quantitative estimate of drug-likeness (QED) is 0.251. The third-order valence-corrected chi connectivity index (χ3v) is 6.16. The second-order valence-electron chi connectivity index (χ2n) is 8.43. The minimum Gasteiger partial charge on any atom is -0.396 e. The number of aliphatic imine (C=N–C) groups is 1. The zero-order valence-corrected chi connectivity index (χ0v) is 21.3. The van der Waals surface area contributed by atoms with Crippen LogP contribution in [0, 0.1) is 12.3 Å². The molecule has 0 saturated carbocycles. The second kappa shape index (κ2) is 13.6. The van der Waals surface area contributed by atoms with Gasteiger partial charge < -0.3 is 25.2 Å². The Bertz CT molecular complexity index is 659. The zero-order chi connectivity index (χ0) is 21.2. The predicted molar refractivity (Wildman–Crippen MR) is 135 cm³/mol. The van der Waals surface area contributed by atoms with Gasteiger partial charge >= 0.3 is 0 Å². The molecule has 2 fully saturated rings. The third kappa shape index (κ3) is 7.85. The van der Waals surface area contributed by atoms with Crippen LogP contribution in [0.1, 0.15) is 36.9 Å². The maximum atomic E-state index is 9.48. The summed E-state index contributed by atoms with van der Waals surface area (Å²) in [5, 5.41) is 16.4. The molecular formula is C23H39IN4O3. The van der Waals surface area contributed by atoms with Crippen molar-refractivity contribution in [1.29, 1.82) is 0 Å². The van der Waals surface area contributed by atoms with Gasteiger partial charge in [0.05, 0.1) is 32.4 Å². The van der Waals surface area contributed by atoms with Crippen LogP contribution >= 0.6 is 24.0 Å². The molecule has 176 valence electrons. The summed E-state index contributed by atoms with van der Waals surface area (Å²) in [5.41, 5.74) is 2.54. The molecule has 0 aromatic heterocycles. The van der Waals surface area contributed by atoms with Crippen molar-refractivity contribution in [3.63, 3.8) is 0 Å². The van der Waals surface area contributed by atoms with Gasteiger partial charge in [-0.15, -0.1) is 24.0 Å². The van der Waals surface area contributed by atoms with Crippen LogP contribution in [-0.2, 0) is 9.47 Å². The van der Waals surface area contributed by atoms with E-state index in [2.05, 4.69) is 53.6 Å². The van der Waals surface area contributed by atoms with E-state index in [9.17, 15) is 5.11 Å². The lowest BCUT2D eigenvalue weighted by molar-refractivity contribution is 0.0170. The number of aryl methyl sites for hydroxylation is 1. The highest BCUT2D eigenvalue weighted by atomic mass is 127. The van der Waals surface area contributed by atoms with Crippen LogP contribution in [0.3, 0.4) is 0 Å². The fourth-order valence-electron chi connectivity index (χ4n) is 4.20. The van der Waals surface area contributed by atoms with Gasteiger partial charge in [-0.1, -0.05) is 29.8 Å². The molecule has 2 unspecified atom stereocenters. The van der Waals surface area contributed by atoms with E-state index in [0.717, 1.165) is 64.8 Å². The van der Waals surface area contributed by atoms with Gasteiger partial charge in [0, 0.05) is 44.8 Å². The van der Waals surface area contributed by atoms with Crippen molar-refractivity contribution >= 4 is 29.9 Å². The van der Waals surface area contributed by atoms with Crippen molar-refractivity contribution in [3.8, 4) is 0 Å². The zero-order valence-electron chi connectivity index (χ0n) is 18.9. The summed E-state index contributed by atoms with van der Waals surface area (Å²) in [4.78, 5) is 7.36. The molecule has 1 aromatic carbocycles. The minimum atomic E-state index is -0.0440. The summed E-state index contributed by atoms with van der Waals surface area (Å²) in [6.07, 6.45) is 1.69. The molecule has 2 atom stereocenters. The van der Waals surface area contributed by atoms with Crippen LogP contribution < -0.4 is 10.6 Å². The van der Waals surface area contributed by atoms with Crippen LogP contribution in [0.5, 0.6) is 0 Å². The summed E-state index contributed by atoms with van der Waals surface area (Å²) in [6, 6.07) is 9.09. The number of aliphatic hydroxyl groups excluding tert-OH is 1. The molecule has 2 aliphatic heterocycles. The Kier molecular flexibility index (Phi) is 11.5. The van der Waals surface area contributed by atoms with Gasteiger partial charge in [-0.3, -0.25) is 9.89 Å². The predicted octanol–water partition coefficient (Wildman–Crippen LogP) is 2.33. The Morgan fingerprint density at radius 2 is 1.90 bits per heavy atom. The third-order valence-electron chi connectivity index (χ3n) is 6.16. The smallest absolute Gasteiger partial charge is 0.191 e. The first-order chi connectivity index (χ1) is 14.7. The summed E-state index contributed by atoms with van der Waals surface area (Å²) in [5.74, 6) is 0.826. The van der Waals surface area contributed by atoms with Gasteiger partial charge in [-0.05, 0) is 32.3 Å². The molecule has 2 aliphatic rings. The molecule has 7 nitrogen and oxygen atoms in total. The van der Waals surface area contributed by atoms with Crippen LogP contribution in [0.4, 0.5) is 0 Å². The Labute approximate surface area is 204 Å². The lowest BCUT2D eigenvalue weighted by Gasteiger charge is -2.35. The number of rotatable bonds is 9. The lowest BCUT2D eigenvalue weighted by Crippen LogP contribution is -2.46. The van der Waals surface area contributed by atoms with Crippen molar-refractivity contribution < 1.29 is 14.6 Å². The molecule has 2 saturated heterocycles. The van der Waals surface area contributed by atoms with Crippen molar-refractivity contribution in [3.05, 3.63) is 35.4 Å². The number of nitrogens with one attached hydrogen (secondary N) is 2. The largest absolute Gasteiger partial charge is 0.396 e. The lowest BCUT2D eigenvalue weighted by atomic mass is 9.84. The molecule has 8 heteroatoms. The number of hydrogen-bond donors (Lipinski definition) is 3. The monoisotopic (exact) mass is 546 g/mol. The Balaban J connectivity index is 0.00000341. The summed E-state index contributed by atoms with van der Waals surface area (Å²) >= 11 is 0. The molecule has 1 aromatic rings. The van der Waals surface area contributed by atoms with Gasteiger partial charge in [0.15, 0.2) is 5.96 Å². The van der Waals surface area contributed by atoms with Gasteiger partial charge in [0.2, 0.25) is 0 Å². The summed E-state index contributed by atoms with van der Waals surface area (Å²) in [6.45, 7) is 11.5. The fraction of sp³-hybridized carbons (Fsp3) is 0.696. The van der Waals surface area contributed by atoms with E-state index in [1.54, 1.807) is 0 Å². The molecule has 0 bridgehead atoms. The Morgan fingerprint density at radius 3 is 2.52 bits per heavy atom. The number of guanidine groups is 1. The average Bonchev–Trinajstić information content (AvgIpc) is 3.23. The number of aliphatic hydroxyl groups is 1. The molecule has 0 spiro atoms. The Morgan fingerprint density at radius 1 is 1.16 bits per heavy atom.